The number of urea groups is 1. The molecule has 1 unspecified atom stereocenters. The van der Waals surface area contributed by atoms with Crippen LogP contribution in [0.15, 0.2) is 12.1 Å². The number of hydrogen-bond acceptors (Lipinski definition) is 4. The Hall–Kier alpha value is -1.85. The van der Waals surface area contributed by atoms with E-state index in [9.17, 15) is 4.79 Å². The summed E-state index contributed by atoms with van der Waals surface area (Å²) in [6.45, 7) is 11.0. The van der Waals surface area contributed by atoms with E-state index in [1.165, 1.54) is 0 Å². The summed E-state index contributed by atoms with van der Waals surface area (Å²) in [4.78, 5) is 13.6. The fraction of sp³-hybridized carbons (Fsp3) is 0.688. The summed E-state index contributed by atoms with van der Waals surface area (Å²) in [7, 11) is 0. The standard InChI is InChI=1S/C16H26N4O2/c1-5-17-15(21)20-9-8-12(10-20)11-22-14-7-6-13(18-19-14)16(2,3)4/h6-7,12H,5,8-11H2,1-4H3,(H,17,21). The Morgan fingerprint density at radius 2 is 2.18 bits per heavy atom. The van der Waals surface area contributed by atoms with Crippen LogP contribution in [0.5, 0.6) is 5.88 Å². The lowest BCUT2D eigenvalue weighted by molar-refractivity contribution is 0.201. The number of nitrogens with zero attached hydrogens (tertiary/aromatic N) is 3. The van der Waals surface area contributed by atoms with E-state index >= 15 is 0 Å². The molecule has 1 aromatic heterocycles. The quantitative estimate of drug-likeness (QED) is 0.926. The maximum absolute atomic E-state index is 11.7. The number of carbonyl (C=O) groups is 1. The fourth-order valence-corrected chi connectivity index (χ4v) is 2.42. The summed E-state index contributed by atoms with van der Waals surface area (Å²) in [6, 6.07) is 3.83. The summed E-state index contributed by atoms with van der Waals surface area (Å²) in [5, 5.41) is 11.2. The van der Waals surface area contributed by atoms with E-state index in [0.29, 0.717) is 24.9 Å². The second-order valence-electron chi connectivity index (χ2n) is 6.75. The number of hydrogen-bond donors (Lipinski definition) is 1. The molecule has 22 heavy (non-hydrogen) atoms. The highest BCUT2D eigenvalue weighted by atomic mass is 16.5. The fourth-order valence-electron chi connectivity index (χ4n) is 2.42. The predicted molar refractivity (Wildman–Crippen MR) is 85.0 cm³/mol. The monoisotopic (exact) mass is 306 g/mol. The van der Waals surface area contributed by atoms with Crippen molar-refractivity contribution in [2.75, 3.05) is 26.2 Å². The van der Waals surface area contributed by atoms with Crippen molar-refractivity contribution in [3.8, 4) is 5.88 Å². The van der Waals surface area contributed by atoms with Gasteiger partial charge in [-0.1, -0.05) is 20.8 Å². The van der Waals surface area contributed by atoms with Crippen molar-refractivity contribution in [3.63, 3.8) is 0 Å². The summed E-state index contributed by atoms with van der Waals surface area (Å²) < 4.78 is 5.71. The molecule has 0 bridgehead atoms. The van der Waals surface area contributed by atoms with E-state index in [-0.39, 0.29) is 11.4 Å². The highest BCUT2D eigenvalue weighted by Gasteiger charge is 2.26. The molecule has 0 aliphatic carbocycles. The van der Waals surface area contributed by atoms with Crippen molar-refractivity contribution in [1.82, 2.24) is 20.4 Å². The smallest absolute Gasteiger partial charge is 0.317 e. The van der Waals surface area contributed by atoms with Crippen LogP contribution in [0, 0.1) is 5.92 Å². The molecule has 122 valence electrons. The third kappa shape index (κ3) is 4.32. The third-order valence-electron chi connectivity index (χ3n) is 3.78. The summed E-state index contributed by atoms with van der Waals surface area (Å²) in [6.07, 6.45) is 0.963. The number of ether oxygens (including phenoxy) is 1. The first kappa shape index (κ1) is 16.5. The van der Waals surface area contributed by atoms with Crippen LogP contribution in [0.2, 0.25) is 0 Å². The van der Waals surface area contributed by atoms with Gasteiger partial charge in [-0.05, 0) is 19.4 Å². The van der Waals surface area contributed by atoms with Crippen molar-refractivity contribution in [2.45, 2.75) is 39.5 Å². The summed E-state index contributed by atoms with van der Waals surface area (Å²) in [5.41, 5.74) is 0.938. The molecule has 2 heterocycles. The molecule has 1 aromatic rings. The molecule has 1 aliphatic heterocycles. The molecule has 1 atom stereocenters. The average Bonchev–Trinajstić information content (AvgIpc) is 2.94. The van der Waals surface area contributed by atoms with Gasteiger partial charge in [0.05, 0.1) is 12.3 Å². The highest BCUT2D eigenvalue weighted by Crippen LogP contribution is 2.21. The van der Waals surface area contributed by atoms with Crippen molar-refractivity contribution in [2.24, 2.45) is 5.92 Å². The molecular weight excluding hydrogens is 280 g/mol. The Bertz CT molecular complexity index is 496. The zero-order chi connectivity index (χ0) is 16.2. The normalized spacial score (nSPS) is 18.4. The first-order chi connectivity index (χ1) is 10.4. The van der Waals surface area contributed by atoms with Gasteiger partial charge in [0.2, 0.25) is 5.88 Å². The Balaban J connectivity index is 1.80. The van der Waals surface area contributed by atoms with Gasteiger partial charge in [-0.2, -0.15) is 5.10 Å². The molecule has 0 aromatic carbocycles. The predicted octanol–water partition coefficient (Wildman–Crippen LogP) is 2.20. The number of rotatable bonds is 4. The Morgan fingerprint density at radius 3 is 2.77 bits per heavy atom. The highest BCUT2D eigenvalue weighted by molar-refractivity contribution is 5.74. The first-order valence-electron chi connectivity index (χ1n) is 7.90. The van der Waals surface area contributed by atoms with Crippen LogP contribution >= 0.6 is 0 Å². The Morgan fingerprint density at radius 1 is 1.41 bits per heavy atom. The second kappa shape index (κ2) is 6.94. The molecule has 6 heteroatoms. The van der Waals surface area contributed by atoms with Crippen molar-refractivity contribution in [3.05, 3.63) is 17.8 Å². The second-order valence-corrected chi connectivity index (χ2v) is 6.75. The topological polar surface area (TPSA) is 67.4 Å². The van der Waals surface area contributed by atoms with Gasteiger partial charge < -0.3 is 15.0 Å². The SMILES string of the molecule is CCNC(=O)N1CCC(COc2ccc(C(C)(C)C)nn2)C1. The van der Waals surface area contributed by atoms with E-state index < -0.39 is 0 Å². The molecule has 2 amide bonds. The van der Waals surface area contributed by atoms with Crippen LogP contribution in [0.1, 0.15) is 39.8 Å². The summed E-state index contributed by atoms with van der Waals surface area (Å²) in [5.74, 6) is 0.899. The molecule has 0 spiro atoms. The maximum atomic E-state index is 11.7. The average molecular weight is 306 g/mol. The van der Waals surface area contributed by atoms with Gasteiger partial charge in [0.1, 0.15) is 0 Å². The summed E-state index contributed by atoms with van der Waals surface area (Å²) >= 11 is 0. The number of amides is 2. The van der Waals surface area contributed by atoms with Gasteiger partial charge >= 0.3 is 6.03 Å². The van der Waals surface area contributed by atoms with E-state index in [1.54, 1.807) is 0 Å². The van der Waals surface area contributed by atoms with Crippen LogP contribution in [0.3, 0.4) is 0 Å². The molecule has 6 nitrogen and oxygen atoms in total. The van der Waals surface area contributed by atoms with Crippen LogP contribution < -0.4 is 10.1 Å². The number of nitrogens with one attached hydrogen (secondary N) is 1. The third-order valence-corrected chi connectivity index (χ3v) is 3.78. The van der Waals surface area contributed by atoms with Crippen LogP contribution in [-0.2, 0) is 5.41 Å². The Kier molecular flexibility index (Phi) is 5.21. The van der Waals surface area contributed by atoms with Crippen LogP contribution in [0.4, 0.5) is 4.79 Å². The zero-order valence-corrected chi connectivity index (χ0v) is 13.9. The molecule has 0 saturated carbocycles. The van der Waals surface area contributed by atoms with E-state index in [2.05, 4.69) is 36.3 Å². The lowest BCUT2D eigenvalue weighted by atomic mass is 9.92. The van der Waals surface area contributed by atoms with Gasteiger partial charge in [-0.15, -0.1) is 5.10 Å². The number of carbonyl (C=O) groups excluding carboxylic acids is 1. The maximum Gasteiger partial charge on any atom is 0.317 e. The van der Waals surface area contributed by atoms with Gasteiger partial charge in [-0.3, -0.25) is 0 Å². The minimum Gasteiger partial charge on any atom is -0.476 e. The van der Waals surface area contributed by atoms with E-state index in [4.69, 9.17) is 4.74 Å². The molecule has 1 aliphatic rings. The minimum absolute atomic E-state index is 0.00980. The minimum atomic E-state index is -0.00980. The lowest BCUT2D eigenvalue weighted by Crippen LogP contribution is -2.38. The molecule has 1 saturated heterocycles. The van der Waals surface area contributed by atoms with Crippen LogP contribution in [0.25, 0.3) is 0 Å². The van der Waals surface area contributed by atoms with Gasteiger partial charge in [0, 0.05) is 37.0 Å². The van der Waals surface area contributed by atoms with Crippen molar-refractivity contribution in [1.29, 1.82) is 0 Å². The molecular formula is C16H26N4O2. The Labute approximate surface area is 132 Å². The van der Waals surface area contributed by atoms with E-state index in [1.807, 2.05) is 24.0 Å². The molecule has 0 radical (unpaired) electrons. The van der Waals surface area contributed by atoms with E-state index in [0.717, 1.165) is 25.2 Å². The van der Waals surface area contributed by atoms with Gasteiger partial charge in [0.25, 0.3) is 0 Å². The van der Waals surface area contributed by atoms with Gasteiger partial charge in [-0.25, -0.2) is 4.79 Å². The van der Waals surface area contributed by atoms with Crippen molar-refractivity contribution >= 4 is 6.03 Å². The molecule has 1 fully saturated rings. The molecule has 2 rings (SSSR count). The largest absolute Gasteiger partial charge is 0.476 e. The number of likely N-dealkylation sites (tertiary alicyclic amines) is 1. The molecule has 1 N–H and O–H groups in total. The van der Waals surface area contributed by atoms with Crippen molar-refractivity contribution < 1.29 is 9.53 Å². The zero-order valence-electron chi connectivity index (χ0n) is 13.9. The van der Waals surface area contributed by atoms with Crippen LogP contribution in [-0.4, -0.2) is 47.4 Å². The first-order valence-corrected chi connectivity index (χ1v) is 7.90. The van der Waals surface area contributed by atoms with Gasteiger partial charge in [0.15, 0.2) is 0 Å². The lowest BCUT2D eigenvalue weighted by Gasteiger charge is -2.18. The number of aromatic nitrogens is 2.